The van der Waals surface area contributed by atoms with Crippen molar-refractivity contribution >= 4 is 33.7 Å². The molecule has 0 saturated heterocycles. The van der Waals surface area contributed by atoms with Crippen molar-refractivity contribution in [1.82, 2.24) is 5.43 Å². The predicted octanol–water partition coefficient (Wildman–Crippen LogP) is 3.42. The number of benzene rings is 2. The van der Waals surface area contributed by atoms with Gasteiger partial charge in [0.15, 0.2) is 11.5 Å². The smallest absolute Gasteiger partial charge is 0.259 e. The second-order valence-electron chi connectivity index (χ2n) is 5.30. The summed E-state index contributed by atoms with van der Waals surface area (Å²) < 4.78 is 5.84. The molecule has 0 saturated carbocycles. The molecule has 0 heterocycles. The molecule has 0 aliphatic heterocycles. The van der Waals surface area contributed by atoms with Gasteiger partial charge in [-0.05, 0) is 59.6 Å². The zero-order valence-electron chi connectivity index (χ0n) is 14.0. The van der Waals surface area contributed by atoms with Gasteiger partial charge < -0.3 is 15.2 Å². The molecule has 0 aliphatic rings. The van der Waals surface area contributed by atoms with Crippen molar-refractivity contribution in [3.05, 3.63) is 52.0 Å². The van der Waals surface area contributed by atoms with Gasteiger partial charge in [0.1, 0.15) is 0 Å². The van der Waals surface area contributed by atoms with Crippen molar-refractivity contribution < 1.29 is 14.6 Å². The Morgan fingerprint density at radius 2 is 2.04 bits per heavy atom. The number of aryl methyl sites for hydroxylation is 1. The van der Waals surface area contributed by atoms with Crippen LogP contribution in [0.1, 0.15) is 18.1 Å². The average molecular weight is 406 g/mol. The molecular weight excluding hydrogens is 386 g/mol. The molecule has 3 N–H and O–H groups in total. The number of phenols is 1. The molecule has 0 radical (unpaired) electrons. The summed E-state index contributed by atoms with van der Waals surface area (Å²) in [5, 5.41) is 16.8. The number of phenolic OH excluding ortho intramolecular Hbond substituents is 1. The molecule has 25 heavy (non-hydrogen) atoms. The van der Waals surface area contributed by atoms with E-state index < -0.39 is 0 Å². The van der Waals surface area contributed by atoms with Crippen LogP contribution < -0.4 is 15.5 Å². The average Bonchev–Trinajstić information content (AvgIpc) is 2.59. The number of amides is 1. The lowest BCUT2D eigenvalue weighted by Gasteiger charge is -2.08. The first-order chi connectivity index (χ1) is 12.0. The zero-order valence-corrected chi connectivity index (χ0v) is 15.6. The Hall–Kier alpha value is -2.54. The van der Waals surface area contributed by atoms with Crippen LogP contribution in [-0.2, 0) is 4.79 Å². The van der Waals surface area contributed by atoms with Gasteiger partial charge in [-0.3, -0.25) is 4.79 Å². The molecule has 0 fully saturated rings. The fraction of sp³-hybridized carbons (Fsp3) is 0.222. The van der Waals surface area contributed by atoms with Crippen LogP contribution in [0.4, 0.5) is 5.69 Å². The Bertz CT molecular complexity index is 761. The van der Waals surface area contributed by atoms with Gasteiger partial charge in [-0.25, -0.2) is 5.43 Å². The van der Waals surface area contributed by atoms with E-state index in [1.54, 1.807) is 12.1 Å². The molecule has 2 rings (SSSR count). The summed E-state index contributed by atoms with van der Waals surface area (Å²) in [5.74, 6) is 0.121. The number of hydrogen-bond acceptors (Lipinski definition) is 5. The summed E-state index contributed by atoms with van der Waals surface area (Å²) >= 11 is 3.25. The lowest BCUT2D eigenvalue weighted by molar-refractivity contribution is -0.119. The highest BCUT2D eigenvalue weighted by atomic mass is 79.9. The van der Waals surface area contributed by atoms with Crippen LogP contribution in [0.5, 0.6) is 11.5 Å². The Morgan fingerprint density at radius 1 is 1.32 bits per heavy atom. The van der Waals surface area contributed by atoms with Crippen LogP contribution in [0.25, 0.3) is 0 Å². The molecular formula is C18H20BrN3O3. The Kier molecular flexibility index (Phi) is 6.82. The number of hydrazone groups is 1. The largest absolute Gasteiger partial charge is 0.503 e. The quantitative estimate of drug-likeness (QED) is 0.486. The van der Waals surface area contributed by atoms with E-state index in [1.165, 1.54) is 6.21 Å². The number of aromatic hydroxyl groups is 1. The minimum atomic E-state index is -0.264. The second-order valence-corrected chi connectivity index (χ2v) is 6.15. The number of anilines is 1. The van der Waals surface area contributed by atoms with E-state index >= 15 is 0 Å². The van der Waals surface area contributed by atoms with E-state index in [9.17, 15) is 9.90 Å². The Balaban J connectivity index is 1.89. The first-order valence-electron chi connectivity index (χ1n) is 7.77. The van der Waals surface area contributed by atoms with E-state index in [-0.39, 0.29) is 18.2 Å². The van der Waals surface area contributed by atoms with E-state index in [0.717, 1.165) is 11.3 Å². The first-order valence-corrected chi connectivity index (χ1v) is 8.56. The molecule has 1 amide bonds. The molecule has 0 spiro atoms. The van der Waals surface area contributed by atoms with E-state index in [0.29, 0.717) is 22.4 Å². The van der Waals surface area contributed by atoms with Crippen LogP contribution in [0, 0.1) is 6.92 Å². The number of hydrogen-bond donors (Lipinski definition) is 3. The van der Waals surface area contributed by atoms with E-state index in [4.69, 9.17) is 4.74 Å². The van der Waals surface area contributed by atoms with Crippen molar-refractivity contribution in [2.75, 3.05) is 18.5 Å². The molecule has 132 valence electrons. The summed E-state index contributed by atoms with van der Waals surface area (Å²) in [5.41, 5.74) is 5.16. The fourth-order valence-corrected chi connectivity index (χ4v) is 2.47. The Morgan fingerprint density at radius 3 is 2.72 bits per heavy atom. The lowest BCUT2D eigenvalue weighted by atomic mass is 10.2. The van der Waals surface area contributed by atoms with Gasteiger partial charge in [-0.2, -0.15) is 5.10 Å². The normalized spacial score (nSPS) is 10.7. The molecule has 6 nitrogen and oxygen atoms in total. The fourth-order valence-electron chi connectivity index (χ4n) is 2.01. The monoisotopic (exact) mass is 405 g/mol. The van der Waals surface area contributed by atoms with Crippen LogP contribution >= 0.6 is 15.9 Å². The molecule has 0 atom stereocenters. The molecule has 0 aromatic heterocycles. The molecule has 0 unspecified atom stereocenters. The van der Waals surface area contributed by atoms with E-state index in [2.05, 4.69) is 31.8 Å². The zero-order chi connectivity index (χ0) is 18.2. The van der Waals surface area contributed by atoms with Crippen LogP contribution in [-0.4, -0.2) is 30.4 Å². The van der Waals surface area contributed by atoms with Crippen molar-refractivity contribution in [3.8, 4) is 11.5 Å². The Labute approximate surface area is 155 Å². The summed E-state index contributed by atoms with van der Waals surface area (Å²) in [6, 6.07) is 11.1. The van der Waals surface area contributed by atoms with Gasteiger partial charge in [0.25, 0.3) is 5.91 Å². The van der Waals surface area contributed by atoms with Gasteiger partial charge in [0.2, 0.25) is 0 Å². The summed E-state index contributed by atoms with van der Waals surface area (Å²) in [6.07, 6.45) is 1.48. The van der Waals surface area contributed by atoms with Gasteiger partial charge in [-0.15, -0.1) is 0 Å². The van der Waals surface area contributed by atoms with Crippen molar-refractivity contribution in [3.63, 3.8) is 0 Å². The minimum Gasteiger partial charge on any atom is -0.503 e. The second kappa shape index (κ2) is 9.08. The highest BCUT2D eigenvalue weighted by molar-refractivity contribution is 9.10. The van der Waals surface area contributed by atoms with Gasteiger partial charge in [0, 0.05) is 5.69 Å². The number of carbonyl (C=O) groups is 1. The summed E-state index contributed by atoms with van der Waals surface area (Å²) in [6.45, 7) is 4.38. The maximum Gasteiger partial charge on any atom is 0.259 e. The minimum absolute atomic E-state index is 0.0327. The van der Waals surface area contributed by atoms with Crippen LogP contribution in [0.2, 0.25) is 0 Å². The van der Waals surface area contributed by atoms with Crippen LogP contribution in [0.3, 0.4) is 0 Å². The first kappa shape index (κ1) is 18.8. The predicted molar refractivity (Wildman–Crippen MR) is 102 cm³/mol. The van der Waals surface area contributed by atoms with Gasteiger partial charge >= 0.3 is 0 Å². The number of nitrogens with zero attached hydrogens (tertiary/aromatic N) is 1. The lowest BCUT2D eigenvalue weighted by Crippen LogP contribution is -2.25. The number of carbonyl (C=O) groups excluding carboxylic acids is 1. The third-order valence-electron chi connectivity index (χ3n) is 3.26. The highest BCUT2D eigenvalue weighted by Gasteiger charge is 2.08. The third kappa shape index (κ3) is 5.79. The van der Waals surface area contributed by atoms with E-state index in [1.807, 2.05) is 38.1 Å². The number of rotatable bonds is 7. The standard InChI is InChI=1S/C18H20BrN3O3/c1-3-25-16-9-13(8-15(19)18(16)24)10-21-22-17(23)11-20-14-6-4-12(2)5-7-14/h4-10,20,24H,3,11H2,1-2H3,(H,22,23)/b21-10+. The molecule has 2 aromatic rings. The summed E-state index contributed by atoms with van der Waals surface area (Å²) in [7, 11) is 0. The molecule has 0 aliphatic carbocycles. The van der Waals surface area contributed by atoms with Gasteiger partial charge in [-0.1, -0.05) is 17.7 Å². The number of nitrogens with one attached hydrogen (secondary N) is 2. The van der Waals surface area contributed by atoms with Crippen molar-refractivity contribution in [2.24, 2.45) is 5.10 Å². The maximum atomic E-state index is 11.8. The SMILES string of the molecule is CCOc1cc(/C=N/NC(=O)CNc2ccc(C)cc2)cc(Br)c1O. The van der Waals surface area contributed by atoms with Crippen molar-refractivity contribution in [1.29, 1.82) is 0 Å². The number of ether oxygens (including phenoxy) is 1. The third-order valence-corrected chi connectivity index (χ3v) is 3.86. The molecule has 7 heteroatoms. The molecule has 0 bridgehead atoms. The number of halogens is 1. The van der Waals surface area contributed by atoms with Crippen molar-refractivity contribution in [2.45, 2.75) is 13.8 Å². The van der Waals surface area contributed by atoms with Gasteiger partial charge in [0.05, 0.1) is 23.8 Å². The highest BCUT2D eigenvalue weighted by Crippen LogP contribution is 2.34. The topological polar surface area (TPSA) is 83.0 Å². The summed E-state index contributed by atoms with van der Waals surface area (Å²) in [4.78, 5) is 11.8. The van der Waals surface area contributed by atoms with Crippen LogP contribution in [0.15, 0.2) is 46.0 Å². The molecule has 2 aromatic carbocycles. The maximum absolute atomic E-state index is 11.8.